The van der Waals surface area contributed by atoms with Crippen LogP contribution in [0.5, 0.6) is 5.75 Å². The van der Waals surface area contributed by atoms with Crippen LogP contribution in [0.2, 0.25) is 5.15 Å². The lowest BCUT2D eigenvalue weighted by atomic mass is 10.1. The van der Waals surface area contributed by atoms with Crippen LogP contribution in [-0.4, -0.2) is 17.1 Å². The van der Waals surface area contributed by atoms with Crippen molar-refractivity contribution in [2.45, 2.75) is 6.42 Å². The molecule has 0 radical (unpaired) electrons. The molecule has 0 aliphatic carbocycles. The topological polar surface area (TPSA) is 35.0 Å². The van der Waals surface area contributed by atoms with Crippen LogP contribution in [0.1, 0.15) is 11.3 Å². The lowest BCUT2D eigenvalue weighted by molar-refractivity contribution is 0.410. The van der Waals surface area contributed by atoms with Gasteiger partial charge in [0.15, 0.2) is 5.15 Å². The molecule has 0 aliphatic rings. The van der Waals surface area contributed by atoms with Crippen LogP contribution in [-0.2, 0) is 6.42 Å². The lowest BCUT2D eigenvalue weighted by Gasteiger charge is -2.09. The van der Waals surface area contributed by atoms with Gasteiger partial charge < -0.3 is 4.74 Å². The quantitative estimate of drug-likeness (QED) is 0.732. The molecule has 0 amide bonds. The third-order valence-electron chi connectivity index (χ3n) is 3.14. The number of para-hydroxylation sites is 3. The zero-order valence-electron chi connectivity index (χ0n) is 11.0. The zero-order chi connectivity index (χ0) is 13.9. The molecule has 3 rings (SSSR count). The van der Waals surface area contributed by atoms with Gasteiger partial charge in [0.2, 0.25) is 0 Å². The number of ether oxygens (including phenoxy) is 1. The summed E-state index contributed by atoms with van der Waals surface area (Å²) in [6.45, 7) is 0. The summed E-state index contributed by atoms with van der Waals surface area (Å²) in [6, 6.07) is 15.6. The Hall–Kier alpha value is -2.13. The minimum atomic E-state index is 0.439. The van der Waals surface area contributed by atoms with Gasteiger partial charge in [0.05, 0.1) is 23.8 Å². The Labute approximate surface area is 122 Å². The number of methoxy groups -OCH3 is 1. The van der Waals surface area contributed by atoms with Crippen molar-refractivity contribution in [2.24, 2.45) is 0 Å². The third-order valence-corrected chi connectivity index (χ3v) is 3.45. The maximum Gasteiger partial charge on any atom is 0.151 e. The largest absolute Gasteiger partial charge is 0.496 e. The summed E-state index contributed by atoms with van der Waals surface area (Å²) in [4.78, 5) is 8.98. The number of benzene rings is 2. The third kappa shape index (κ3) is 2.45. The van der Waals surface area contributed by atoms with Crippen LogP contribution in [0.25, 0.3) is 11.0 Å². The van der Waals surface area contributed by atoms with Gasteiger partial charge in [-0.1, -0.05) is 41.9 Å². The summed E-state index contributed by atoms with van der Waals surface area (Å²) < 4.78 is 5.35. The average molecular weight is 285 g/mol. The highest BCUT2D eigenvalue weighted by Crippen LogP contribution is 2.24. The van der Waals surface area contributed by atoms with E-state index in [2.05, 4.69) is 9.97 Å². The van der Waals surface area contributed by atoms with E-state index in [1.54, 1.807) is 7.11 Å². The van der Waals surface area contributed by atoms with Gasteiger partial charge in [-0.3, -0.25) is 0 Å². The van der Waals surface area contributed by atoms with E-state index in [1.807, 2.05) is 48.5 Å². The molecule has 100 valence electrons. The van der Waals surface area contributed by atoms with Gasteiger partial charge >= 0.3 is 0 Å². The number of hydrogen-bond acceptors (Lipinski definition) is 3. The number of hydrogen-bond donors (Lipinski definition) is 0. The fourth-order valence-electron chi connectivity index (χ4n) is 2.16. The Morgan fingerprint density at radius 1 is 0.950 bits per heavy atom. The second-order valence-corrected chi connectivity index (χ2v) is 4.80. The first kappa shape index (κ1) is 12.9. The first-order chi connectivity index (χ1) is 9.78. The predicted molar refractivity (Wildman–Crippen MR) is 80.3 cm³/mol. The molecule has 20 heavy (non-hydrogen) atoms. The van der Waals surface area contributed by atoms with Gasteiger partial charge in [0.25, 0.3) is 0 Å². The SMILES string of the molecule is COc1ccccc1Cc1nc2ccccc2nc1Cl. The Morgan fingerprint density at radius 2 is 1.60 bits per heavy atom. The minimum absolute atomic E-state index is 0.439. The molecule has 0 saturated heterocycles. The van der Waals surface area contributed by atoms with E-state index in [4.69, 9.17) is 16.3 Å². The van der Waals surface area contributed by atoms with Gasteiger partial charge in [-0.15, -0.1) is 0 Å². The maximum atomic E-state index is 6.23. The van der Waals surface area contributed by atoms with Crippen LogP contribution in [0.3, 0.4) is 0 Å². The molecule has 3 aromatic rings. The highest BCUT2D eigenvalue weighted by atomic mass is 35.5. The summed E-state index contributed by atoms with van der Waals surface area (Å²) >= 11 is 6.23. The van der Waals surface area contributed by atoms with E-state index < -0.39 is 0 Å². The molecule has 0 aliphatic heterocycles. The van der Waals surface area contributed by atoms with E-state index in [9.17, 15) is 0 Å². The molecular weight excluding hydrogens is 272 g/mol. The first-order valence-corrected chi connectivity index (χ1v) is 6.69. The van der Waals surface area contributed by atoms with E-state index in [1.165, 1.54) is 0 Å². The summed E-state index contributed by atoms with van der Waals surface area (Å²) in [5.41, 5.74) is 3.46. The molecule has 1 heterocycles. The summed E-state index contributed by atoms with van der Waals surface area (Å²) in [7, 11) is 1.66. The van der Waals surface area contributed by atoms with Gasteiger partial charge in [-0.2, -0.15) is 0 Å². The molecule has 4 heteroatoms. The minimum Gasteiger partial charge on any atom is -0.496 e. The molecule has 0 atom stereocenters. The van der Waals surface area contributed by atoms with E-state index >= 15 is 0 Å². The van der Waals surface area contributed by atoms with Crippen molar-refractivity contribution in [1.29, 1.82) is 0 Å². The van der Waals surface area contributed by atoms with Crippen molar-refractivity contribution in [1.82, 2.24) is 9.97 Å². The van der Waals surface area contributed by atoms with Crippen molar-refractivity contribution >= 4 is 22.6 Å². The zero-order valence-corrected chi connectivity index (χ0v) is 11.8. The van der Waals surface area contributed by atoms with E-state index in [0.29, 0.717) is 11.6 Å². The highest BCUT2D eigenvalue weighted by Gasteiger charge is 2.10. The van der Waals surface area contributed by atoms with Crippen LogP contribution in [0.4, 0.5) is 0 Å². The van der Waals surface area contributed by atoms with Crippen LogP contribution < -0.4 is 4.74 Å². The number of nitrogens with zero attached hydrogens (tertiary/aromatic N) is 2. The molecule has 0 bridgehead atoms. The fraction of sp³-hybridized carbons (Fsp3) is 0.125. The van der Waals surface area contributed by atoms with Crippen LogP contribution in [0, 0.1) is 0 Å². The normalized spacial score (nSPS) is 10.7. The van der Waals surface area contributed by atoms with Gasteiger partial charge in [-0.25, -0.2) is 9.97 Å². The number of fused-ring (bicyclic) bond motifs is 1. The second-order valence-electron chi connectivity index (χ2n) is 4.44. The molecule has 0 unspecified atom stereocenters. The number of rotatable bonds is 3. The summed E-state index contributed by atoms with van der Waals surface area (Å²) in [5, 5.41) is 0.439. The average Bonchev–Trinajstić information content (AvgIpc) is 2.48. The molecule has 1 aromatic heterocycles. The Kier molecular flexibility index (Phi) is 3.52. The Morgan fingerprint density at radius 3 is 2.35 bits per heavy atom. The molecule has 0 N–H and O–H groups in total. The van der Waals surface area contributed by atoms with Crippen molar-refractivity contribution in [3.05, 3.63) is 64.9 Å². The van der Waals surface area contributed by atoms with E-state index in [0.717, 1.165) is 28.0 Å². The first-order valence-electron chi connectivity index (χ1n) is 6.31. The Balaban J connectivity index is 2.04. The van der Waals surface area contributed by atoms with Crippen LogP contribution >= 0.6 is 11.6 Å². The molecule has 0 saturated carbocycles. The van der Waals surface area contributed by atoms with Crippen molar-refractivity contribution in [3.63, 3.8) is 0 Å². The molecule has 0 fully saturated rings. The number of aromatic nitrogens is 2. The predicted octanol–water partition coefficient (Wildman–Crippen LogP) is 3.88. The van der Waals surface area contributed by atoms with Gasteiger partial charge in [-0.05, 0) is 18.2 Å². The summed E-state index contributed by atoms with van der Waals surface area (Å²) in [5.74, 6) is 0.832. The van der Waals surface area contributed by atoms with Crippen molar-refractivity contribution in [3.8, 4) is 5.75 Å². The monoisotopic (exact) mass is 284 g/mol. The van der Waals surface area contributed by atoms with Gasteiger partial charge in [0, 0.05) is 12.0 Å². The lowest BCUT2D eigenvalue weighted by Crippen LogP contribution is -1.99. The summed E-state index contributed by atoms with van der Waals surface area (Å²) in [6.07, 6.45) is 0.598. The van der Waals surface area contributed by atoms with Gasteiger partial charge in [0.1, 0.15) is 5.75 Å². The molecule has 2 aromatic carbocycles. The molecule has 0 spiro atoms. The maximum absolute atomic E-state index is 6.23. The Bertz CT molecular complexity index is 758. The highest BCUT2D eigenvalue weighted by molar-refractivity contribution is 6.30. The second kappa shape index (κ2) is 5.47. The smallest absolute Gasteiger partial charge is 0.151 e. The van der Waals surface area contributed by atoms with Crippen molar-refractivity contribution < 1.29 is 4.74 Å². The molecule has 3 nitrogen and oxygen atoms in total. The number of halogens is 1. The van der Waals surface area contributed by atoms with E-state index in [-0.39, 0.29) is 0 Å². The van der Waals surface area contributed by atoms with Crippen LogP contribution in [0.15, 0.2) is 48.5 Å². The standard InChI is InChI=1S/C16H13ClN2O/c1-20-15-9-5-2-6-11(15)10-14-16(17)19-13-8-4-3-7-12(13)18-14/h2-9H,10H2,1H3. The molecular formula is C16H13ClN2O. The fourth-order valence-corrected chi connectivity index (χ4v) is 2.36. The van der Waals surface area contributed by atoms with Crippen molar-refractivity contribution in [2.75, 3.05) is 7.11 Å².